The topological polar surface area (TPSA) is 67.2 Å². The molecule has 0 heterocycles. The van der Waals surface area contributed by atoms with Crippen molar-refractivity contribution in [1.29, 1.82) is 0 Å². The largest absolute Gasteiger partial charge is 0.338 e. The lowest BCUT2D eigenvalue weighted by molar-refractivity contribution is 0.252. The maximum absolute atomic E-state index is 13.6. The van der Waals surface area contributed by atoms with Gasteiger partial charge >= 0.3 is 6.03 Å². The van der Waals surface area contributed by atoms with Gasteiger partial charge in [-0.25, -0.2) is 9.18 Å². The van der Waals surface area contributed by atoms with Gasteiger partial charge in [-0.3, -0.25) is 0 Å². The SMILES string of the molecule is CCCCNC(=O)Nc1ccc(C#CCN)c(F)c1. The number of anilines is 1. The van der Waals surface area contributed by atoms with E-state index in [2.05, 4.69) is 22.5 Å². The molecule has 19 heavy (non-hydrogen) atoms. The van der Waals surface area contributed by atoms with Crippen LogP contribution in [-0.2, 0) is 0 Å². The zero-order chi connectivity index (χ0) is 14.1. The van der Waals surface area contributed by atoms with Gasteiger partial charge in [0.1, 0.15) is 5.82 Å². The molecule has 0 radical (unpaired) electrons. The minimum Gasteiger partial charge on any atom is -0.338 e. The fourth-order valence-corrected chi connectivity index (χ4v) is 1.39. The third-order valence-corrected chi connectivity index (χ3v) is 2.37. The van der Waals surface area contributed by atoms with Gasteiger partial charge in [-0.05, 0) is 24.6 Å². The molecule has 4 N–H and O–H groups in total. The van der Waals surface area contributed by atoms with Gasteiger partial charge in [0.25, 0.3) is 0 Å². The standard InChI is InChI=1S/C14H18FN3O/c1-2-3-9-17-14(19)18-12-7-6-11(5-4-8-16)13(15)10-12/h6-7,10H,2-3,8-9,16H2,1H3,(H2,17,18,19). The van der Waals surface area contributed by atoms with Crippen molar-refractivity contribution in [2.24, 2.45) is 5.73 Å². The zero-order valence-electron chi connectivity index (χ0n) is 10.9. The maximum Gasteiger partial charge on any atom is 0.319 e. The number of carbonyl (C=O) groups excluding carboxylic acids is 1. The molecule has 4 nitrogen and oxygen atoms in total. The van der Waals surface area contributed by atoms with Crippen molar-refractivity contribution < 1.29 is 9.18 Å². The first-order valence-electron chi connectivity index (χ1n) is 6.20. The van der Waals surface area contributed by atoms with Crippen molar-refractivity contribution in [3.63, 3.8) is 0 Å². The van der Waals surface area contributed by atoms with Crippen LogP contribution in [0.4, 0.5) is 14.9 Å². The van der Waals surface area contributed by atoms with Crippen LogP contribution in [0.1, 0.15) is 25.3 Å². The molecule has 5 heteroatoms. The maximum atomic E-state index is 13.6. The highest BCUT2D eigenvalue weighted by Crippen LogP contribution is 2.13. The lowest BCUT2D eigenvalue weighted by Crippen LogP contribution is -2.29. The van der Waals surface area contributed by atoms with E-state index in [0.717, 1.165) is 12.8 Å². The average molecular weight is 263 g/mol. The number of halogens is 1. The molecule has 0 aliphatic carbocycles. The molecule has 102 valence electrons. The summed E-state index contributed by atoms with van der Waals surface area (Å²) in [5.74, 6) is 4.72. The van der Waals surface area contributed by atoms with Crippen LogP contribution in [0.25, 0.3) is 0 Å². The quantitative estimate of drug-likeness (QED) is 0.575. The molecule has 2 amide bonds. The number of urea groups is 1. The van der Waals surface area contributed by atoms with Crippen molar-refractivity contribution in [2.45, 2.75) is 19.8 Å². The van der Waals surface area contributed by atoms with Crippen molar-refractivity contribution >= 4 is 11.7 Å². The van der Waals surface area contributed by atoms with Crippen molar-refractivity contribution in [3.05, 3.63) is 29.6 Å². The molecule has 0 spiro atoms. The number of nitrogens with one attached hydrogen (secondary N) is 2. The predicted octanol–water partition coefficient (Wildman–Crippen LogP) is 2.06. The Labute approximate surface area is 112 Å². The predicted molar refractivity (Wildman–Crippen MR) is 74.3 cm³/mol. The van der Waals surface area contributed by atoms with E-state index >= 15 is 0 Å². The Morgan fingerprint density at radius 1 is 1.47 bits per heavy atom. The summed E-state index contributed by atoms with van der Waals surface area (Å²) in [4.78, 5) is 11.5. The van der Waals surface area contributed by atoms with Crippen molar-refractivity contribution in [3.8, 4) is 11.8 Å². The second-order valence-electron chi connectivity index (χ2n) is 3.93. The Bertz CT molecular complexity index is 491. The first kappa shape index (κ1) is 15.0. The van der Waals surface area contributed by atoms with Gasteiger partial charge in [-0.1, -0.05) is 25.2 Å². The normalized spacial score (nSPS) is 9.42. The summed E-state index contributed by atoms with van der Waals surface area (Å²) in [6.07, 6.45) is 1.92. The summed E-state index contributed by atoms with van der Waals surface area (Å²) in [5, 5.41) is 5.25. The Balaban J connectivity index is 2.60. The molecule has 0 saturated carbocycles. The summed E-state index contributed by atoms with van der Waals surface area (Å²) < 4.78 is 13.6. The Morgan fingerprint density at radius 2 is 2.26 bits per heavy atom. The Kier molecular flexibility index (Phi) is 6.41. The molecule has 0 atom stereocenters. The molecular formula is C14H18FN3O. The lowest BCUT2D eigenvalue weighted by Gasteiger charge is -2.07. The number of hydrogen-bond acceptors (Lipinski definition) is 2. The fraction of sp³-hybridized carbons (Fsp3) is 0.357. The number of benzene rings is 1. The molecule has 0 aromatic heterocycles. The van der Waals surface area contributed by atoms with E-state index in [1.165, 1.54) is 12.1 Å². The van der Waals surface area contributed by atoms with Gasteiger partial charge in [0.15, 0.2) is 0 Å². The zero-order valence-corrected chi connectivity index (χ0v) is 10.9. The van der Waals surface area contributed by atoms with E-state index in [-0.39, 0.29) is 18.1 Å². The monoisotopic (exact) mass is 263 g/mol. The van der Waals surface area contributed by atoms with E-state index in [0.29, 0.717) is 12.2 Å². The van der Waals surface area contributed by atoms with Crippen LogP contribution in [0, 0.1) is 17.7 Å². The smallest absolute Gasteiger partial charge is 0.319 e. The van der Waals surface area contributed by atoms with E-state index in [1.54, 1.807) is 6.07 Å². The third kappa shape index (κ3) is 5.40. The Morgan fingerprint density at radius 3 is 2.89 bits per heavy atom. The number of amides is 2. The summed E-state index contributed by atoms with van der Waals surface area (Å²) in [6, 6.07) is 4.01. The van der Waals surface area contributed by atoms with Crippen LogP contribution in [-0.4, -0.2) is 19.1 Å². The highest BCUT2D eigenvalue weighted by molar-refractivity contribution is 5.89. The average Bonchev–Trinajstić information content (AvgIpc) is 2.38. The number of carbonyl (C=O) groups is 1. The van der Waals surface area contributed by atoms with Crippen LogP contribution >= 0.6 is 0 Å². The third-order valence-electron chi connectivity index (χ3n) is 2.37. The molecule has 0 aliphatic rings. The first-order chi connectivity index (χ1) is 9.17. The van der Waals surface area contributed by atoms with Gasteiger partial charge < -0.3 is 16.4 Å². The Hall–Kier alpha value is -2.06. The molecule has 1 rings (SSSR count). The second kappa shape index (κ2) is 8.11. The second-order valence-corrected chi connectivity index (χ2v) is 3.93. The van der Waals surface area contributed by atoms with Crippen LogP contribution in [0.15, 0.2) is 18.2 Å². The van der Waals surface area contributed by atoms with Gasteiger partial charge in [-0.15, -0.1) is 0 Å². The summed E-state index contributed by atoms with van der Waals surface area (Å²) in [6.45, 7) is 2.82. The molecule has 1 aromatic rings. The number of nitrogens with two attached hydrogens (primary N) is 1. The molecule has 0 saturated heterocycles. The van der Waals surface area contributed by atoms with Crippen molar-refractivity contribution in [2.75, 3.05) is 18.4 Å². The van der Waals surface area contributed by atoms with Crippen LogP contribution in [0.3, 0.4) is 0 Å². The van der Waals surface area contributed by atoms with Gasteiger partial charge in [-0.2, -0.15) is 0 Å². The lowest BCUT2D eigenvalue weighted by atomic mass is 10.2. The first-order valence-corrected chi connectivity index (χ1v) is 6.20. The fourth-order valence-electron chi connectivity index (χ4n) is 1.39. The summed E-state index contributed by atoms with van der Waals surface area (Å²) in [7, 11) is 0. The molecular weight excluding hydrogens is 245 g/mol. The van der Waals surface area contributed by atoms with E-state index < -0.39 is 5.82 Å². The molecule has 0 aliphatic heterocycles. The van der Waals surface area contributed by atoms with E-state index in [9.17, 15) is 9.18 Å². The number of hydrogen-bond donors (Lipinski definition) is 3. The molecule has 0 fully saturated rings. The number of unbranched alkanes of at least 4 members (excludes halogenated alkanes) is 1. The summed E-state index contributed by atoms with van der Waals surface area (Å²) >= 11 is 0. The highest BCUT2D eigenvalue weighted by Gasteiger charge is 2.04. The number of rotatable bonds is 4. The van der Waals surface area contributed by atoms with E-state index in [4.69, 9.17) is 5.73 Å². The molecule has 0 unspecified atom stereocenters. The van der Waals surface area contributed by atoms with Crippen LogP contribution in [0.5, 0.6) is 0 Å². The van der Waals surface area contributed by atoms with Crippen molar-refractivity contribution in [1.82, 2.24) is 5.32 Å². The molecule has 0 bridgehead atoms. The summed E-state index contributed by atoms with van der Waals surface area (Å²) in [5.41, 5.74) is 5.88. The van der Waals surface area contributed by atoms with Gasteiger partial charge in [0.2, 0.25) is 0 Å². The van der Waals surface area contributed by atoms with Gasteiger partial charge in [0, 0.05) is 12.2 Å². The van der Waals surface area contributed by atoms with Gasteiger partial charge in [0.05, 0.1) is 12.1 Å². The molecule has 1 aromatic carbocycles. The minimum absolute atomic E-state index is 0.180. The minimum atomic E-state index is -0.479. The van der Waals surface area contributed by atoms with Crippen LogP contribution in [0.2, 0.25) is 0 Å². The van der Waals surface area contributed by atoms with E-state index in [1.807, 2.05) is 6.92 Å². The highest BCUT2D eigenvalue weighted by atomic mass is 19.1. The van der Waals surface area contributed by atoms with Crippen LogP contribution < -0.4 is 16.4 Å².